The molecule has 2 aliphatic rings. The fraction of sp³-hybridized carbons (Fsp3) is 0.818. The van der Waals surface area contributed by atoms with Crippen molar-refractivity contribution in [3.8, 4) is 0 Å². The first kappa shape index (κ1) is 26.8. The van der Waals surface area contributed by atoms with Gasteiger partial charge in [0.25, 0.3) is 0 Å². The van der Waals surface area contributed by atoms with E-state index in [9.17, 15) is 0 Å². The minimum absolute atomic E-state index is 0. The molecule has 7 nitrogen and oxygen atoms in total. The zero-order valence-corrected chi connectivity index (χ0v) is 23.0. The lowest BCUT2D eigenvalue weighted by Crippen LogP contribution is -2.62. The Morgan fingerprint density at radius 2 is 1.97 bits per heavy atom. The van der Waals surface area contributed by atoms with Crippen LogP contribution in [0.3, 0.4) is 0 Å². The Hall–Kier alpha value is -0.490. The van der Waals surface area contributed by atoms with Crippen LogP contribution in [-0.4, -0.2) is 92.2 Å². The fourth-order valence-corrected chi connectivity index (χ4v) is 5.48. The lowest BCUT2D eigenvalue weighted by molar-refractivity contribution is 0.0170. The Kier molecular flexibility index (Phi) is 10.9. The molecule has 0 aliphatic carbocycles. The van der Waals surface area contributed by atoms with Gasteiger partial charge in [0.1, 0.15) is 11.1 Å². The molecule has 3 heterocycles. The number of aromatic nitrogens is 1. The Balaban J connectivity index is 0.00000341. The van der Waals surface area contributed by atoms with Crippen molar-refractivity contribution >= 4 is 41.3 Å². The molecule has 1 unspecified atom stereocenters. The van der Waals surface area contributed by atoms with Crippen molar-refractivity contribution in [1.29, 1.82) is 0 Å². The van der Waals surface area contributed by atoms with Gasteiger partial charge in [-0.3, -0.25) is 9.89 Å². The number of ether oxygens (including phenoxy) is 1. The van der Waals surface area contributed by atoms with E-state index in [2.05, 4.69) is 44.5 Å². The molecule has 1 aromatic rings. The van der Waals surface area contributed by atoms with Crippen LogP contribution in [-0.2, 0) is 11.3 Å². The Labute approximate surface area is 209 Å². The summed E-state index contributed by atoms with van der Waals surface area (Å²) in [7, 11) is 7.94. The molecule has 0 bridgehead atoms. The van der Waals surface area contributed by atoms with Gasteiger partial charge in [-0.05, 0) is 65.8 Å². The highest BCUT2D eigenvalue weighted by Gasteiger charge is 2.39. The number of guanidine groups is 1. The standard InChI is InChI=1S/C22H40N6OS.HI/c1-18(29-5)20-25-19(16-30-20)15-27(4)21(23-2)24-17-22(9-13-26(3)14-10-22)28-11-7-6-8-12-28;/h16,18H,6-15,17H2,1-5H3,(H,23,24);1H. The van der Waals surface area contributed by atoms with Crippen molar-refractivity contribution in [2.24, 2.45) is 4.99 Å². The van der Waals surface area contributed by atoms with Gasteiger partial charge < -0.3 is 19.9 Å². The smallest absolute Gasteiger partial charge is 0.193 e. The maximum absolute atomic E-state index is 5.40. The van der Waals surface area contributed by atoms with Gasteiger partial charge in [-0.1, -0.05) is 6.42 Å². The third-order valence-electron chi connectivity index (χ3n) is 6.76. The second-order valence-corrected chi connectivity index (χ2v) is 9.78. The summed E-state index contributed by atoms with van der Waals surface area (Å²) in [5.74, 6) is 0.944. The van der Waals surface area contributed by atoms with Crippen molar-refractivity contribution in [2.45, 2.75) is 57.2 Å². The molecule has 3 rings (SSSR count). The first-order chi connectivity index (χ1) is 14.5. The topological polar surface area (TPSA) is 56.2 Å². The molecule has 1 N–H and O–H groups in total. The van der Waals surface area contributed by atoms with Gasteiger partial charge in [-0.2, -0.15) is 0 Å². The molecule has 0 saturated carbocycles. The van der Waals surface area contributed by atoms with Crippen molar-refractivity contribution in [3.63, 3.8) is 0 Å². The molecule has 0 radical (unpaired) electrons. The van der Waals surface area contributed by atoms with Gasteiger partial charge in [-0.25, -0.2) is 4.98 Å². The monoisotopic (exact) mass is 564 g/mol. The quantitative estimate of drug-likeness (QED) is 0.311. The molecule has 178 valence electrons. The number of nitrogens with one attached hydrogen (secondary N) is 1. The summed E-state index contributed by atoms with van der Waals surface area (Å²) in [6.07, 6.45) is 6.53. The maximum atomic E-state index is 5.40. The van der Waals surface area contributed by atoms with Crippen LogP contribution in [0.15, 0.2) is 10.4 Å². The number of piperidine rings is 2. The molecule has 0 spiro atoms. The number of halogens is 1. The molecule has 0 aromatic carbocycles. The lowest BCUT2D eigenvalue weighted by atomic mass is 9.84. The summed E-state index contributed by atoms with van der Waals surface area (Å²) >= 11 is 1.66. The van der Waals surface area contributed by atoms with E-state index in [1.807, 2.05) is 14.0 Å². The number of methoxy groups -OCH3 is 1. The largest absolute Gasteiger partial charge is 0.375 e. The molecule has 2 fully saturated rings. The van der Waals surface area contributed by atoms with Crippen molar-refractivity contribution in [2.75, 3.05) is 61.0 Å². The van der Waals surface area contributed by atoms with E-state index in [1.165, 1.54) is 58.3 Å². The minimum atomic E-state index is 0. The molecule has 2 aliphatic heterocycles. The number of aliphatic imine (C=N–C) groups is 1. The van der Waals surface area contributed by atoms with E-state index in [0.29, 0.717) is 0 Å². The second kappa shape index (κ2) is 12.7. The minimum Gasteiger partial charge on any atom is -0.375 e. The van der Waals surface area contributed by atoms with Crippen LogP contribution in [0.4, 0.5) is 0 Å². The van der Waals surface area contributed by atoms with Crippen LogP contribution in [0.2, 0.25) is 0 Å². The molecular weight excluding hydrogens is 523 g/mol. The number of nitrogens with zero attached hydrogens (tertiary/aromatic N) is 5. The molecule has 2 saturated heterocycles. The van der Waals surface area contributed by atoms with Crippen LogP contribution in [0.1, 0.15) is 55.8 Å². The van der Waals surface area contributed by atoms with E-state index >= 15 is 0 Å². The van der Waals surface area contributed by atoms with Gasteiger partial charge in [0, 0.05) is 38.7 Å². The van der Waals surface area contributed by atoms with Gasteiger partial charge in [0.05, 0.1) is 12.2 Å². The first-order valence-corrected chi connectivity index (χ1v) is 12.2. The predicted molar refractivity (Wildman–Crippen MR) is 141 cm³/mol. The molecule has 1 aromatic heterocycles. The van der Waals surface area contributed by atoms with E-state index in [1.54, 1.807) is 18.4 Å². The predicted octanol–water partition coefficient (Wildman–Crippen LogP) is 3.43. The highest BCUT2D eigenvalue weighted by Crippen LogP contribution is 2.31. The number of thiazole rings is 1. The Morgan fingerprint density at radius 3 is 2.58 bits per heavy atom. The van der Waals surface area contributed by atoms with Crippen LogP contribution in [0.25, 0.3) is 0 Å². The third-order valence-corrected chi connectivity index (χ3v) is 7.82. The zero-order valence-electron chi connectivity index (χ0n) is 19.9. The average Bonchev–Trinajstić information content (AvgIpc) is 3.24. The number of hydrogen-bond donors (Lipinski definition) is 1. The first-order valence-electron chi connectivity index (χ1n) is 11.3. The Morgan fingerprint density at radius 1 is 1.29 bits per heavy atom. The highest BCUT2D eigenvalue weighted by atomic mass is 127. The van der Waals surface area contributed by atoms with Crippen LogP contribution < -0.4 is 5.32 Å². The summed E-state index contributed by atoms with van der Waals surface area (Å²) in [5, 5.41) is 6.87. The fourth-order valence-electron chi connectivity index (χ4n) is 4.64. The summed E-state index contributed by atoms with van der Waals surface area (Å²) < 4.78 is 5.40. The van der Waals surface area contributed by atoms with E-state index < -0.39 is 0 Å². The second-order valence-electron chi connectivity index (χ2n) is 8.89. The van der Waals surface area contributed by atoms with Crippen molar-refractivity contribution < 1.29 is 4.74 Å². The van der Waals surface area contributed by atoms with Gasteiger partial charge in [0.15, 0.2) is 5.96 Å². The van der Waals surface area contributed by atoms with Gasteiger partial charge >= 0.3 is 0 Å². The van der Waals surface area contributed by atoms with Crippen LogP contribution >= 0.6 is 35.3 Å². The number of hydrogen-bond acceptors (Lipinski definition) is 6. The number of rotatable bonds is 7. The van der Waals surface area contributed by atoms with E-state index in [-0.39, 0.29) is 35.6 Å². The third kappa shape index (κ3) is 6.99. The van der Waals surface area contributed by atoms with E-state index in [0.717, 1.165) is 29.8 Å². The summed E-state index contributed by atoms with van der Waals surface area (Å²) in [4.78, 5) is 16.7. The zero-order chi connectivity index (χ0) is 21.6. The lowest BCUT2D eigenvalue weighted by Gasteiger charge is -2.50. The SMILES string of the molecule is CN=C(NCC1(N2CCCCC2)CCN(C)CC1)N(C)Cc1csc(C(C)OC)n1.I. The maximum Gasteiger partial charge on any atom is 0.193 e. The average molecular weight is 565 g/mol. The number of likely N-dealkylation sites (tertiary alicyclic amines) is 2. The molecule has 9 heteroatoms. The molecule has 31 heavy (non-hydrogen) atoms. The molecular formula is C22H41IN6OS. The Bertz CT molecular complexity index is 685. The van der Waals surface area contributed by atoms with Crippen molar-refractivity contribution in [1.82, 2.24) is 25.0 Å². The van der Waals surface area contributed by atoms with Crippen molar-refractivity contribution in [3.05, 3.63) is 16.1 Å². The van der Waals surface area contributed by atoms with Crippen LogP contribution in [0, 0.1) is 0 Å². The highest BCUT2D eigenvalue weighted by molar-refractivity contribution is 14.0. The summed E-state index contributed by atoms with van der Waals surface area (Å²) in [6.45, 7) is 8.55. The van der Waals surface area contributed by atoms with Crippen LogP contribution in [0.5, 0.6) is 0 Å². The van der Waals surface area contributed by atoms with Gasteiger partial charge in [0.2, 0.25) is 0 Å². The van der Waals surface area contributed by atoms with Gasteiger partial charge in [-0.15, -0.1) is 35.3 Å². The normalized spacial score (nSPS) is 21.4. The van der Waals surface area contributed by atoms with E-state index in [4.69, 9.17) is 9.72 Å². The molecule has 1 atom stereocenters. The summed E-state index contributed by atoms with van der Waals surface area (Å²) in [6, 6.07) is 0. The molecule has 0 amide bonds. The summed E-state index contributed by atoms with van der Waals surface area (Å²) in [5.41, 5.74) is 1.31.